The number of nitrogens with zero attached hydrogens (tertiary/aromatic N) is 8. The van der Waals surface area contributed by atoms with Gasteiger partial charge < -0.3 is 33.8 Å². The van der Waals surface area contributed by atoms with Crippen LogP contribution in [0.4, 0.5) is 16.0 Å². The molecule has 210 valence electrons. The minimum absolute atomic E-state index is 0.0481. The Labute approximate surface area is 228 Å². The molecule has 6 rings (SSSR count). The molecular weight excluding hydrogens is 523 g/mol. The molecule has 1 saturated heterocycles. The Morgan fingerprint density at radius 3 is 2.67 bits per heavy atom. The Morgan fingerprint density at radius 1 is 1.15 bits per heavy atom. The number of aryl methyl sites for hydroxylation is 1. The van der Waals surface area contributed by atoms with Crippen molar-refractivity contribution in [1.82, 2.24) is 29.3 Å². The molecule has 4 aromatic rings. The standard InChI is InChI=1S/C26H29FN8O5/c1-32-16-29-25(35(36)37)23(32)15-39-20-10-21-22(28-13-20)11-24(33-6-8-38-9-7-33)31-26(21)40-19-4-2-18(3-5-19)34-14-17(27)12-30-34/h10-14,16,18-19H,2-9,15H2,1H3/t18-,19+. The molecule has 40 heavy (non-hydrogen) atoms. The molecule has 4 aromatic heterocycles. The molecule has 0 N–H and O–H groups in total. The van der Waals surface area contributed by atoms with Crippen LogP contribution in [0.15, 0.2) is 37.1 Å². The Morgan fingerprint density at radius 2 is 1.95 bits per heavy atom. The largest absolute Gasteiger partial charge is 0.485 e. The first-order valence-electron chi connectivity index (χ1n) is 13.2. The Bertz CT molecular complexity index is 1510. The molecule has 0 unspecified atom stereocenters. The molecule has 2 fully saturated rings. The summed E-state index contributed by atoms with van der Waals surface area (Å²) in [5.74, 6) is 1.07. The number of aromatic nitrogens is 6. The van der Waals surface area contributed by atoms with E-state index < -0.39 is 4.92 Å². The van der Waals surface area contributed by atoms with Crippen molar-refractivity contribution < 1.29 is 23.5 Å². The predicted molar refractivity (Wildman–Crippen MR) is 141 cm³/mol. The summed E-state index contributed by atoms with van der Waals surface area (Å²) in [7, 11) is 1.68. The number of anilines is 1. The van der Waals surface area contributed by atoms with Gasteiger partial charge in [-0.1, -0.05) is 0 Å². The summed E-state index contributed by atoms with van der Waals surface area (Å²) in [6.07, 6.45) is 8.72. The quantitative estimate of drug-likeness (QED) is 0.236. The summed E-state index contributed by atoms with van der Waals surface area (Å²) in [4.78, 5) is 26.3. The highest BCUT2D eigenvalue weighted by Gasteiger charge is 2.26. The SMILES string of the molecule is Cn1cnc([N+](=O)[O-])c1COc1cnc2cc(N3CCOCC3)nc(O[C@H]3CC[C@@H](n4cc(F)cn4)CC3)c2c1. The van der Waals surface area contributed by atoms with E-state index >= 15 is 0 Å². The fraction of sp³-hybridized carbons (Fsp3) is 0.462. The van der Waals surface area contributed by atoms with Gasteiger partial charge in [-0.15, -0.1) is 0 Å². The van der Waals surface area contributed by atoms with Crippen LogP contribution in [0.3, 0.4) is 0 Å². The van der Waals surface area contributed by atoms with Crippen molar-refractivity contribution in [3.8, 4) is 11.6 Å². The van der Waals surface area contributed by atoms with Crippen LogP contribution in [-0.4, -0.2) is 66.6 Å². The number of rotatable bonds is 8. The fourth-order valence-electron chi connectivity index (χ4n) is 5.20. The van der Waals surface area contributed by atoms with E-state index in [0.29, 0.717) is 54.5 Å². The number of nitro groups is 1. The topological polar surface area (TPSA) is 135 Å². The molecule has 1 saturated carbocycles. The number of ether oxygens (including phenoxy) is 3. The van der Waals surface area contributed by atoms with E-state index in [9.17, 15) is 14.5 Å². The number of morpholine rings is 1. The number of pyridine rings is 2. The van der Waals surface area contributed by atoms with E-state index in [4.69, 9.17) is 19.2 Å². The van der Waals surface area contributed by atoms with Crippen LogP contribution >= 0.6 is 0 Å². The summed E-state index contributed by atoms with van der Waals surface area (Å²) in [5.41, 5.74) is 1.04. The number of hydrogen-bond donors (Lipinski definition) is 0. The second-order valence-corrected chi connectivity index (χ2v) is 9.98. The van der Waals surface area contributed by atoms with Gasteiger partial charge in [0.25, 0.3) is 0 Å². The van der Waals surface area contributed by atoms with Crippen LogP contribution in [0.25, 0.3) is 10.9 Å². The van der Waals surface area contributed by atoms with Gasteiger partial charge in [0.1, 0.15) is 24.3 Å². The maximum absolute atomic E-state index is 13.4. The van der Waals surface area contributed by atoms with Crippen molar-refractivity contribution in [3.63, 3.8) is 0 Å². The third-order valence-corrected chi connectivity index (χ3v) is 7.39. The average molecular weight is 553 g/mol. The second-order valence-electron chi connectivity index (χ2n) is 9.98. The van der Waals surface area contributed by atoms with Crippen molar-refractivity contribution in [2.24, 2.45) is 7.05 Å². The van der Waals surface area contributed by atoms with E-state index in [1.54, 1.807) is 28.6 Å². The van der Waals surface area contributed by atoms with Gasteiger partial charge in [-0.05, 0) is 41.7 Å². The monoisotopic (exact) mass is 552 g/mol. The molecule has 1 aliphatic heterocycles. The second kappa shape index (κ2) is 11.0. The predicted octanol–water partition coefficient (Wildman–Crippen LogP) is 3.59. The lowest BCUT2D eigenvalue weighted by molar-refractivity contribution is -0.390. The molecule has 14 heteroatoms. The van der Waals surface area contributed by atoms with Gasteiger partial charge in [-0.3, -0.25) is 9.67 Å². The number of imidazole rings is 1. The summed E-state index contributed by atoms with van der Waals surface area (Å²) in [6.45, 7) is 2.62. The first-order valence-corrected chi connectivity index (χ1v) is 13.2. The van der Waals surface area contributed by atoms with Crippen LogP contribution in [0.5, 0.6) is 11.6 Å². The lowest BCUT2D eigenvalue weighted by atomic mass is 9.93. The zero-order valence-corrected chi connectivity index (χ0v) is 22.0. The highest BCUT2D eigenvalue weighted by molar-refractivity contribution is 5.87. The summed E-state index contributed by atoms with van der Waals surface area (Å²) >= 11 is 0. The maximum Gasteiger partial charge on any atom is 0.388 e. The van der Waals surface area contributed by atoms with Gasteiger partial charge in [-0.2, -0.15) is 10.1 Å². The van der Waals surface area contributed by atoms with Crippen molar-refractivity contribution in [1.29, 1.82) is 0 Å². The van der Waals surface area contributed by atoms with Crippen LogP contribution in [0.1, 0.15) is 37.4 Å². The molecular formula is C26H29FN8O5. The maximum atomic E-state index is 13.4. The molecule has 0 radical (unpaired) electrons. The van der Waals surface area contributed by atoms with Gasteiger partial charge in [0.2, 0.25) is 12.2 Å². The van der Waals surface area contributed by atoms with Gasteiger partial charge >= 0.3 is 5.82 Å². The van der Waals surface area contributed by atoms with Crippen LogP contribution < -0.4 is 14.4 Å². The number of halogens is 1. The first kappa shape index (κ1) is 25.9. The van der Waals surface area contributed by atoms with E-state index in [1.807, 2.05) is 6.07 Å². The van der Waals surface area contributed by atoms with Gasteiger partial charge in [0.15, 0.2) is 11.5 Å². The smallest absolute Gasteiger partial charge is 0.388 e. The van der Waals surface area contributed by atoms with Crippen LogP contribution in [0, 0.1) is 15.9 Å². The molecule has 0 spiro atoms. The molecule has 2 aliphatic rings. The molecule has 5 heterocycles. The summed E-state index contributed by atoms with van der Waals surface area (Å²) < 4.78 is 34.6. The minimum atomic E-state index is -0.530. The van der Waals surface area contributed by atoms with Crippen LogP contribution in [0.2, 0.25) is 0 Å². The normalized spacial score (nSPS) is 19.6. The van der Waals surface area contributed by atoms with Crippen LogP contribution in [-0.2, 0) is 18.4 Å². The number of hydrogen-bond acceptors (Lipinski definition) is 10. The van der Waals surface area contributed by atoms with Gasteiger partial charge in [0.05, 0.1) is 48.7 Å². The molecule has 0 atom stereocenters. The highest BCUT2D eigenvalue weighted by atomic mass is 19.1. The Hall–Kier alpha value is -4.33. The van der Waals surface area contributed by atoms with Crippen molar-refractivity contribution in [2.75, 3.05) is 31.2 Å². The highest BCUT2D eigenvalue weighted by Crippen LogP contribution is 2.35. The lowest BCUT2D eigenvalue weighted by Gasteiger charge is -2.30. The minimum Gasteiger partial charge on any atom is -0.485 e. The number of fused-ring (bicyclic) bond motifs is 1. The molecule has 0 aromatic carbocycles. The van der Waals surface area contributed by atoms with Crippen molar-refractivity contribution in [3.05, 3.63) is 58.7 Å². The van der Waals surface area contributed by atoms with Crippen molar-refractivity contribution in [2.45, 2.75) is 44.4 Å². The molecule has 1 aliphatic carbocycles. The van der Waals surface area contributed by atoms with E-state index in [0.717, 1.165) is 31.5 Å². The Balaban J connectivity index is 1.25. The molecule has 13 nitrogen and oxygen atoms in total. The lowest BCUT2D eigenvalue weighted by Crippen LogP contribution is -2.36. The van der Waals surface area contributed by atoms with Gasteiger partial charge in [0, 0.05) is 26.2 Å². The van der Waals surface area contributed by atoms with E-state index in [-0.39, 0.29) is 30.4 Å². The summed E-state index contributed by atoms with van der Waals surface area (Å²) in [6, 6.07) is 3.85. The first-order chi connectivity index (χ1) is 19.4. The average Bonchev–Trinajstić information content (AvgIpc) is 3.58. The molecule has 0 bridgehead atoms. The Kier molecular flexibility index (Phi) is 7.15. The van der Waals surface area contributed by atoms with E-state index in [1.165, 1.54) is 18.7 Å². The fourth-order valence-corrected chi connectivity index (χ4v) is 5.20. The van der Waals surface area contributed by atoms with E-state index in [2.05, 4.69) is 20.0 Å². The zero-order valence-electron chi connectivity index (χ0n) is 22.0. The van der Waals surface area contributed by atoms with Crippen molar-refractivity contribution >= 4 is 22.5 Å². The third-order valence-electron chi connectivity index (χ3n) is 7.39. The zero-order chi connectivity index (χ0) is 27.6. The van der Waals surface area contributed by atoms with Gasteiger partial charge in [-0.25, -0.2) is 4.39 Å². The summed E-state index contributed by atoms with van der Waals surface area (Å²) in [5, 5.41) is 16.1. The molecule has 0 amide bonds. The third kappa shape index (κ3) is 5.39.